The molecule has 1 aromatic heterocycles. The number of amides is 7. The number of likely N-dealkylation sites (tertiary alicyclic amines) is 1. The van der Waals surface area contributed by atoms with Crippen LogP contribution in [-0.4, -0.2) is 271 Å². The van der Waals surface area contributed by atoms with Crippen molar-refractivity contribution in [3.05, 3.63) is 30.5 Å². The smallest absolute Gasteiger partial charge is 0.335 e. The Labute approximate surface area is 471 Å². The lowest BCUT2D eigenvalue weighted by atomic mass is 9.87. The SMILES string of the molecule is CS(=O)(=O)NCCN1C(=O)NC2(CCN(C(=O)Nc3cccc(-c4cn(CCOCCOCCOCCOCCOCCOCCOCCOCCOCCOCCOCCOCCC(=O)ON5C(=O)CCC5=O)nn4)c3)CC2)C1=O. The van der Waals surface area contributed by atoms with Crippen LogP contribution < -0.4 is 15.4 Å². The minimum atomic E-state index is -3.47. The van der Waals surface area contributed by atoms with Gasteiger partial charge in [-0.25, -0.2) is 32.2 Å². The summed E-state index contributed by atoms with van der Waals surface area (Å²) in [7, 11) is -3.47. The molecule has 3 N–H and O–H groups in total. The molecule has 5 rings (SSSR count). The highest BCUT2D eigenvalue weighted by atomic mass is 32.2. The lowest BCUT2D eigenvalue weighted by Gasteiger charge is -2.37. The molecule has 3 aliphatic rings. The first-order valence-electron chi connectivity index (χ1n) is 27.0. The van der Waals surface area contributed by atoms with Crippen LogP contribution in [0.5, 0.6) is 0 Å². The van der Waals surface area contributed by atoms with Crippen LogP contribution in [0.2, 0.25) is 0 Å². The molecule has 0 atom stereocenters. The lowest BCUT2D eigenvalue weighted by molar-refractivity contribution is -0.198. The summed E-state index contributed by atoms with van der Waals surface area (Å²) in [6.07, 6.45) is 3.24. The number of benzene rings is 1. The quantitative estimate of drug-likeness (QED) is 0.0432. The molecule has 4 heterocycles. The zero-order chi connectivity index (χ0) is 57.8. The van der Waals surface area contributed by atoms with Gasteiger partial charge in [0, 0.05) is 50.3 Å². The van der Waals surface area contributed by atoms with E-state index in [4.69, 9.17) is 61.7 Å². The topological polar surface area (TPSA) is 333 Å². The number of hydrogen-bond acceptors (Lipinski definition) is 23. The number of carbonyl (C=O) groups excluding carboxylic acids is 6. The minimum Gasteiger partial charge on any atom is -0.378 e. The highest BCUT2D eigenvalue weighted by Gasteiger charge is 2.52. The first-order valence-corrected chi connectivity index (χ1v) is 28.9. The maximum Gasteiger partial charge on any atom is 0.335 e. The molecule has 2 aromatic rings. The van der Waals surface area contributed by atoms with Gasteiger partial charge in [-0.3, -0.25) is 19.3 Å². The van der Waals surface area contributed by atoms with Crippen LogP contribution in [0, 0.1) is 0 Å². The summed E-state index contributed by atoms with van der Waals surface area (Å²) in [5.74, 6) is -2.18. The second kappa shape index (κ2) is 38.4. The van der Waals surface area contributed by atoms with Gasteiger partial charge in [-0.05, 0) is 25.0 Å². The van der Waals surface area contributed by atoms with Gasteiger partial charge in [0.05, 0.1) is 184 Å². The number of urea groups is 2. The number of hydrogen-bond donors (Lipinski definition) is 3. The predicted molar refractivity (Wildman–Crippen MR) is 283 cm³/mol. The van der Waals surface area contributed by atoms with E-state index in [1.54, 1.807) is 34.0 Å². The van der Waals surface area contributed by atoms with Gasteiger partial charge < -0.3 is 77.2 Å². The molecule has 3 aliphatic heterocycles. The Hall–Kier alpha value is -5.39. The van der Waals surface area contributed by atoms with Gasteiger partial charge in [-0.15, -0.1) is 10.2 Å². The van der Waals surface area contributed by atoms with Crippen LogP contribution in [0.1, 0.15) is 32.1 Å². The van der Waals surface area contributed by atoms with Crippen molar-refractivity contribution in [2.75, 3.05) is 196 Å². The average molecular weight is 1170 g/mol. The molecule has 0 aliphatic carbocycles. The monoisotopic (exact) mass is 1170 g/mol. The van der Waals surface area contributed by atoms with Crippen molar-refractivity contribution in [1.82, 2.24) is 39.9 Å². The van der Waals surface area contributed by atoms with Crippen molar-refractivity contribution in [2.24, 2.45) is 0 Å². The molecule has 0 saturated carbocycles. The molecule has 0 unspecified atom stereocenters. The van der Waals surface area contributed by atoms with Gasteiger partial charge in [0.15, 0.2) is 0 Å². The zero-order valence-corrected chi connectivity index (χ0v) is 46.9. The molecule has 3 saturated heterocycles. The molecule has 1 spiro atoms. The first kappa shape index (κ1) is 66.4. The summed E-state index contributed by atoms with van der Waals surface area (Å²) in [6.45, 7) is 10.4. The second-order valence-electron chi connectivity index (χ2n) is 18.1. The Bertz CT molecular complexity index is 2290. The Morgan fingerprint density at radius 3 is 1.52 bits per heavy atom. The fourth-order valence-corrected chi connectivity index (χ4v) is 8.25. The summed E-state index contributed by atoms with van der Waals surface area (Å²) in [6, 6.07) is 6.27. The molecule has 0 radical (unpaired) electrons. The van der Waals surface area contributed by atoms with Crippen LogP contribution >= 0.6 is 0 Å². The Kier molecular flexibility index (Phi) is 31.5. The summed E-state index contributed by atoms with van der Waals surface area (Å²) in [4.78, 5) is 80.8. The van der Waals surface area contributed by atoms with Gasteiger partial charge in [0.1, 0.15) is 11.2 Å². The minimum absolute atomic E-state index is 0.0471. The highest BCUT2D eigenvalue weighted by molar-refractivity contribution is 7.88. The zero-order valence-electron chi connectivity index (χ0n) is 46.1. The number of nitrogens with one attached hydrogen (secondary N) is 3. The van der Waals surface area contributed by atoms with Crippen LogP contribution in [0.15, 0.2) is 30.5 Å². The highest BCUT2D eigenvalue weighted by Crippen LogP contribution is 2.30. The number of anilines is 1. The molecule has 30 nitrogen and oxygen atoms in total. The Balaban J connectivity index is 0.710. The third kappa shape index (κ3) is 26.6. The summed E-state index contributed by atoms with van der Waals surface area (Å²) in [5.41, 5.74) is 0.778. The Morgan fingerprint density at radius 1 is 0.617 bits per heavy atom. The van der Waals surface area contributed by atoms with E-state index in [1.807, 2.05) is 6.07 Å². The van der Waals surface area contributed by atoms with E-state index in [1.165, 1.54) is 0 Å². The van der Waals surface area contributed by atoms with Gasteiger partial charge in [-0.2, -0.15) is 0 Å². The van der Waals surface area contributed by atoms with Crippen LogP contribution in [0.4, 0.5) is 15.3 Å². The van der Waals surface area contributed by atoms with Crippen molar-refractivity contribution < 1.29 is 98.9 Å². The van der Waals surface area contributed by atoms with Crippen molar-refractivity contribution in [2.45, 2.75) is 44.2 Å². The van der Waals surface area contributed by atoms with Crippen molar-refractivity contribution in [1.29, 1.82) is 0 Å². The van der Waals surface area contributed by atoms with Gasteiger partial charge >= 0.3 is 18.0 Å². The molecular weight excluding hydrogens is 1090 g/mol. The fourth-order valence-electron chi connectivity index (χ4n) is 7.79. The van der Waals surface area contributed by atoms with E-state index in [0.29, 0.717) is 168 Å². The van der Waals surface area contributed by atoms with Crippen LogP contribution in [-0.2, 0) is 97.4 Å². The van der Waals surface area contributed by atoms with Crippen LogP contribution in [0.25, 0.3) is 11.3 Å². The van der Waals surface area contributed by atoms with E-state index in [9.17, 15) is 37.2 Å². The second-order valence-corrected chi connectivity index (χ2v) is 20.0. The normalized spacial score (nSPS) is 15.4. The lowest BCUT2D eigenvalue weighted by Crippen LogP contribution is -2.56. The van der Waals surface area contributed by atoms with E-state index in [2.05, 4.69) is 25.7 Å². The third-order valence-electron chi connectivity index (χ3n) is 12.0. The number of hydroxylamine groups is 2. The number of aromatic nitrogens is 3. The molecule has 3 fully saturated rings. The average Bonchev–Trinajstić information content (AvgIpc) is 4.20. The van der Waals surface area contributed by atoms with E-state index in [0.717, 1.165) is 16.7 Å². The number of rotatable bonds is 46. The largest absolute Gasteiger partial charge is 0.378 e. The molecule has 0 bridgehead atoms. The number of nitrogens with zero attached hydrogens (tertiary/aromatic N) is 6. The number of sulfonamides is 1. The van der Waals surface area contributed by atoms with E-state index in [-0.39, 0.29) is 77.5 Å². The summed E-state index contributed by atoms with van der Waals surface area (Å²) in [5, 5.41) is 14.6. The number of ether oxygens (including phenoxy) is 12. The third-order valence-corrected chi connectivity index (χ3v) is 12.7. The fraction of sp³-hybridized carbons (Fsp3) is 0.720. The van der Waals surface area contributed by atoms with Gasteiger partial charge in [0.2, 0.25) is 10.0 Å². The van der Waals surface area contributed by atoms with Gasteiger partial charge in [-0.1, -0.05) is 17.3 Å². The van der Waals surface area contributed by atoms with Crippen LogP contribution in [0.3, 0.4) is 0 Å². The molecule has 456 valence electrons. The molecular formula is C50H79N9O21S. The van der Waals surface area contributed by atoms with E-state index >= 15 is 0 Å². The van der Waals surface area contributed by atoms with Crippen molar-refractivity contribution in [3.63, 3.8) is 0 Å². The predicted octanol–water partition coefficient (Wildman–Crippen LogP) is -0.391. The molecule has 81 heavy (non-hydrogen) atoms. The first-order chi connectivity index (χ1) is 39.3. The maximum absolute atomic E-state index is 13.2. The molecule has 31 heteroatoms. The Morgan fingerprint density at radius 2 is 1.06 bits per heavy atom. The molecule has 1 aromatic carbocycles. The number of piperidine rings is 1. The number of carbonyl (C=O) groups is 6. The van der Waals surface area contributed by atoms with Crippen molar-refractivity contribution >= 4 is 51.5 Å². The molecule has 7 amide bonds. The maximum atomic E-state index is 13.2. The summed E-state index contributed by atoms with van der Waals surface area (Å²) >= 11 is 0. The van der Waals surface area contributed by atoms with Crippen molar-refractivity contribution in [3.8, 4) is 11.3 Å². The van der Waals surface area contributed by atoms with E-state index < -0.39 is 45.3 Å². The standard InChI is InChI=1S/C50H79N9O21S/c1-81(66,67)51-10-13-58-47(63)50(53-49(58)65)8-11-56(12-9-50)48(64)52-42-4-2-3-41(39-42)43-40-57(55-54-43)14-16-69-18-20-71-22-24-73-26-28-75-30-32-77-34-36-79-38-37-78-35-33-76-31-29-74-27-25-72-23-21-70-19-17-68-15-7-46(62)80-59-44(60)5-6-45(59)61/h2-4,39-40,51H,5-38H2,1H3,(H,52,64)(H,53,65). The van der Waals surface area contributed by atoms with Gasteiger partial charge in [0.25, 0.3) is 17.7 Å². The number of imide groups is 2. The summed E-state index contributed by atoms with van der Waals surface area (Å²) < 4.78 is 92.7.